The van der Waals surface area contributed by atoms with Gasteiger partial charge in [-0.15, -0.1) is 0 Å². The minimum Gasteiger partial charge on any atom is -0.493 e. The Bertz CT molecular complexity index is 459. The van der Waals surface area contributed by atoms with E-state index >= 15 is 0 Å². The first kappa shape index (κ1) is 16.0. The van der Waals surface area contributed by atoms with Gasteiger partial charge in [0.05, 0.1) is 20.3 Å². The Morgan fingerprint density at radius 1 is 1.25 bits per heavy atom. The molecule has 20 heavy (non-hydrogen) atoms. The van der Waals surface area contributed by atoms with Crippen molar-refractivity contribution in [2.24, 2.45) is 5.73 Å². The highest BCUT2D eigenvalue weighted by Crippen LogP contribution is 2.28. The second-order valence-corrected chi connectivity index (χ2v) is 3.81. The Labute approximate surface area is 118 Å². The smallest absolute Gasteiger partial charge is 0.241 e. The first-order chi connectivity index (χ1) is 9.67. The van der Waals surface area contributed by atoms with Crippen LogP contribution >= 0.6 is 0 Å². The molecule has 0 spiro atoms. The number of carbonyl (C=O) groups is 1. The summed E-state index contributed by atoms with van der Waals surface area (Å²) in [5, 5.41) is 0. The molecule has 0 heterocycles. The van der Waals surface area contributed by atoms with Crippen LogP contribution in [0.15, 0.2) is 24.3 Å². The van der Waals surface area contributed by atoms with Crippen LogP contribution in [-0.4, -0.2) is 40.1 Å². The average molecular weight is 281 g/mol. The molecule has 2 N–H and O–H groups in total. The highest BCUT2D eigenvalue weighted by atomic mass is 16.7. The van der Waals surface area contributed by atoms with E-state index in [1.54, 1.807) is 31.4 Å². The van der Waals surface area contributed by atoms with Gasteiger partial charge < -0.3 is 24.7 Å². The van der Waals surface area contributed by atoms with Gasteiger partial charge in [0.2, 0.25) is 5.91 Å². The van der Waals surface area contributed by atoms with Crippen molar-refractivity contribution in [3.05, 3.63) is 29.8 Å². The Morgan fingerprint density at radius 2 is 2.05 bits per heavy atom. The van der Waals surface area contributed by atoms with Crippen molar-refractivity contribution in [2.45, 2.75) is 0 Å². The van der Waals surface area contributed by atoms with Crippen LogP contribution in [0.2, 0.25) is 0 Å². The van der Waals surface area contributed by atoms with E-state index in [9.17, 15) is 4.79 Å². The summed E-state index contributed by atoms with van der Waals surface area (Å²) in [4.78, 5) is 10.7. The van der Waals surface area contributed by atoms with Crippen molar-refractivity contribution in [3.8, 4) is 11.5 Å². The lowest BCUT2D eigenvalue weighted by molar-refractivity contribution is -0.113. The third-order valence-electron chi connectivity index (χ3n) is 2.36. The number of carbonyl (C=O) groups excluding carboxylic acids is 1. The molecule has 0 atom stereocenters. The van der Waals surface area contributed by atoms with E-state index in [4.69, 9.17) is 24.7 Å². The normalized spacial score (nSPS) is 10.7. The molecule has 0 unspecified atom stereocenters. The fraction of sp³-hybridized carbons (Fsp3) is 0.357. The summed E-state index contributed by atoms with van der Waals surface area (Å²) in [6.45, 7) is 1.08. The highest BCUT2D eigenvalue weighted by Gasteiger charge is 2.04. The summed E-state index contributed by atoms with van der Waals surface area (Å²) in [5.74, 6) is 0.601. The summed E-state index contributed by atoms with van der Waals surface area (Å²) >= 11 is 0. The Hall–Kier alpha value is -2.05. The van der Waals surface area contributed by atoms with Crippen LogP contribution in [-0.2, 0) is 14.3 Å². The van der Waals surface area contributed by atoms with Crippen molar-refractivity contribution in [3.63, 3.8) is 0 Å². The summed E-state index contributed by atoms with van der Waals surface area (Å²) in [6, 6.07) is 5.26. The molecule has 6 heteroatoms. The predicted molar refractivity (Wildman–Crippen MR) is 74.5 cm³/mol. The molecule has 1 aromatic rings. The molecule has 0 aliphatic rings. The molecule has 0 saturated heterocycles. The molecule has 0 saturated carbocycles. The third-order valence-corrected chi connectivity index (χ3v) is 2.36. The van der Waals surface area contributed by atoms with E-state index in [2.05, 4.69) is 0 Å². The van der Waals surface area contributed by atoms with Crippen LogP contribution in [0, 0.1) is 0 Å². The molecule has 6 nitrogen and oxygen atoms in total. The third kappa shape index (κ3) is 5.73. The van der Waals surface area contributed by atoms with Gasteiger partial charge in [0.1, 0.15) is 0 Å². The number of hydrogen-bond acceptors (Lipinski definition) is 5. The highest BCUT2D eigenvalue weighted by molar-refractivity contribution is 5.90. The van der Waals surface area contributed by atoms with Gasteiger partial charge in [-0.3, -0.25) is 4.79 Å². The fourth-order valence-electron chi connectivity index (χ4n) is 1.39. The predicted octanol–water partition coefficient (Wildman–Crippen LogP) is 1.19. The van der Waals surface area contributed by atoms with Crippen molar-refractivity contribution in [1.29, 1.82) is 0 Å². The van der Waals surface area contributed by atoms with Crippen LogP contribution in [0.4, 0.5) is 0 Å². The van der Waals surface area contributed by atoms with Gasteiger partial charge in [-0.2, -0.15) is 0 Å². The Kier molecular flexibility index (Phi) is 7.16. The summed E-state index contributed by atoms with van der Waals surface area (Å²) in [6.07, 6.45) is 2.88. The topological polar surface area (TPSA) is 80.0 Å². The first-order valence-electron chi connectivity index (χ1n) is 6.02. The number of ether oxygens (including phenoxy) is 4. The second kappa shape index (κ2) is 8.95. The van der Waals surface area contributed by atoms with E-state index in [1.807, 2.05) is 0 Å². The quantitative estimate of drug-likeness (QED) is 0.418. The van der Waals surface area contributed by atoms with Crippen molar-refractivity contribution >= 4 is 12.0 Å². The molecule has 1 amide bonds. The van der Waals surface area contributed by atoms with Crippen molar-refractivity contribution in [1.82, 2.24) is 0 Å². The lowest BCUT2D eigenvalue weighted by Crippen LogP contribution is -2.08. The second-order valence-electron chi connectivity index (χ2n) is 3.81. The number of methoxy groups -OCH3 is 2. The van der Waals surface area contributed by atoms with E-state index in [0.717, 1.165) is 5.56 Å². The van der Waals surface area contributed by atoms with Crippen molar-refractivity contribution in [2.75, 3.05) is 34.2 Å². The average Bonchev–Trinajstić information content (AvgIpc) is 2.45. The zero-order chi connectivity index (χ0) is 14.8. The molecule has 0 bridgehead atoms. The lowest BCUT2D eigenvalue weighted by Gasteiger charge is -2.11. The number of primary amides is 1. The van der Waals surface area contributed by atoms with Gasteiger partial charge in [-0.05, 0) is 23.8 Å². The standard InChI is InChI=1S/C14H19NO5/c1-17-7-8-19-10-20-12-5-3-11(4-6-14(15)16)9-13(12)18-2/h3-6,9H,7-8,10H2,1-2H3,(H2,15,16). The molecule has 0 fully saturated rings. The van der Waals surface area contributed by atoms with Crippen LogP contribution in [0.5, 0.6) is 11.5 Å². The summed E-state index contributed by atoms with van der Waals surface area (Å²) in [7, 11) is 3.14. The van der Waals surface area contributed by atoms with Gasteiger partial charge in [-0.25, -0.2) is 0 Å². The first-order valence-corrected chi connectivity index (χ1v) is 6.02. The van der Waals surface area contributed by atoms with E-state index in [0.29, 0.717) is 24.7 Å². The number of nitrogens with two attached hydrogens (primary N) is 1. The van der Waals surface area contributed by atoms with Crippen LogP contribution in [0.1, 0.15) is 5.56 Å². The zero-order valence-corrected chi connectivity index (χ0v) is 11.6. The SMILES string of the molecule is COCCOCOc1ccc(C=CC(N)=O)cc1OC. The maximum absolute atomic E-state index is 10.7. The van der Waals surface area contributed by atoms with E-state index < -0.39 is 5.91 Å². The maximum atomic E-state index is 10.7. The van der Waals surface area contributed by atoms with Gasteiger partial charge in [-0.1, -0.05) is 6.07 Å². The largest absolute Gasteiger partial charge is 0.493 e. The number of rotatable bonds is 9. The van der Waals surface area contributed by atoms with Crippen molar-refractivity contribution < 1.29 is 23.7 Å². The maximum Gasteiger partial charge on any atom is 0.241 e. The Balaban J connectivity index is 2.61. The molecule has 0 radical (unpaired) electrons. The zero-order valence-electron chi connectivity index (χ0n) is 11.6. The Morgan fingerprint density at radius 3 is 2.70 bits per heavy atom. The van der Waals surface area contributed by atoms with Gasteiger partial charge in [0.25, 0.3) is 0 Å². The van der Waals surface area contributed by atoms with Gasteiger partial charge in [0.15, 0.2) is 18.3 Å². The molecular weight excluding hydrogens is 262 g/mol. The van der Waals surface area contributed by atoms with Crippen LogP contribution < -0.4 is 15.2 Å². The molecule has 110 valence electrons. The summed E-state index contributed by atoms with van der Waals surface area (Å²) < 4.78 is 20.7. The molecule has 1 rings (SSSR count). The lowest BCUT2D eigenvalue weighted by atomic mass is 10.2. The van der Waals surface area contributed by atoms with E-state index in [1.165, 1.54) is 13.2 Å². The minimum absolute atomic E-state index is 0.107. The van der Waals surface area contributed by atoms with Gasteiger partial charge >= 0.3 is 0 Å². The molecule has 0 aliphatic carbocycles. The van der Waals surface area contributed by atoms with Crippen LogP contribution in [0.25, 0.3) is 6.08 Å². The monoisotopic (exact) mass is 281 g/mol. The molecule has 0 aliphatic heterocycles. The number of hydrogen-bond donors (Lipinski definition) is 1. The number of amides is 1. The van der Waals surface area contributed by atoms with E-state index in [-0.39, 0.29) is 6.79 Å². The van der Waals surface area contributed by atoms with Crippen LogP contribution in [0.3, 0.4) is 0 Å². The molecule has 1 aromatic carbocycles. The van der Waals surface area contributed by atoms with Gasteiger partial charge in [0, 0.05) is 13.2 Å². The molecule has 0 aromatic heterocycles. The minimum atomic E-state index is -0.504. The fourth-order valence-corrected chi connectivity index (χ4v) is 1.39. The summed E-state index contributed by atoms with van der Waals surface area (Å²) in [5.41, 5.74) is 5.82. The molecular formula is C14H19NO5. The number of benzene rings is 1.